The Morgan fingerprint density at radius 1 is 0.903 bits per heavy atom. The lowest BCUT2D eigenvalue weighted by atomic mass is 10.1. The third-order valence-electron chi connectivity index (χ3n) is 6.13. The summed E-state index contributed by atoms with van der Waals surface area (Å²) in [5.74, 6) is -0.970. The zero-order valence-electron chi connectivity index (χ0n) is 17.6. The summed E-state index contributed by atoms with van der Waals surface area (Å²) in [4.78, 5) is 43.8. The Hall–Kier alpha value is -2.86. The Balaban J connectivity index is 1.34. The van der Waals surface area contributed by atoms with Gasteiger partial charge < -0.3 is 14.7 Å². The molecule has 2 heterocycles. The summed E-state index contributed by atoms with van der Waals surface area (Å²) >= 11 is 5.93. The topological polar surface area (TPSA) is 60.9 Å². The van der Waals surface area contributed by atoms with Crippen molar-refractivity contribution in [3.05, 3.63) is 64.7 Å². The number of anilines is 1. The van der Waals surface area contributed by atoms with Crippen molar-refractivity contribution in [2.24, 2.45) is 5.92 Å². The van der Waals surface area contributed by atoms with E-state index >= 15 is 0 Å². The van der Waals surface area contributed by atoms with Gasteiger partial charge in [-0.25, -0.2) is 0 Å². The van der Waals surface area contributed by atoms with Gasteiger partial charge >= 0.3 is 0 Å². The van der Waals surface area contributed by atoms with E-state index in [1.54, 1.807) is 39.0 Å². The highest BCUT2D eigenvalue weighted by molar-refractivity contribution is 6.30. The van der Waals surface area contributed by atoms with Crippen LogP contribution in [0.5, 0.6) is 0 Å². The second-order valence-corrected chi connectivity index (χ2v) is 8.41. The van der Waals surface area contributed by atoms with E-state index in [1.807, 2.05) is 24.3 Å². The molecule has 2 fully saturated rings. The first-order valence-electron chi connectivity index (χ1n) is 10.7. The van der Waals surface area contributed by atoms with Crippen LogP contribution in [0, 0.1) is 5.92 Å². The van der Waals surface area contributed by atoms with Gasteiger partial charge in [0.2, 0.25) is 11.8 Å². The van der Waals surface area contributed by atoms with Crippen molar-refractivity contribution in [2.45, 2.75) is 19.8 Å². The van der Waals surface area contributed by atoms with Crippen LogP contribution in [0.2, 0.25) is 5.02 Å². The van der Waals surface area contributed by atoms with Crippen molar-refractivity contribution in [3.63, 3.8) is 0 Å². The van der Waals surface area contributed by atoms with Crippen LogP contribution in [0.4, 0.5) is 5.69 Å². The van der Waals surface area contributed by atoms with Crippen molar-refractivity contribution in [1.29, 1.82) is 0 Å². The van der Waals surface area contributed by atoms with Crippen LogP contribution in [0.1, 0.15) is 29.3 Å². The van der Waals surface area contributed by atoms with Crippen LogP contribution in [0.3, 0.4) is 0 Å². The molecular formula is C24H26ClN3O3. The maximum absolute atomic E-state index is 13.0. The fourth-order valence-corrected chi connectivity index (χ4v) is 4.33. The molecule has 31 heavy (non-hydrogen) atoms. The van der Waals surface area contributed by atoms with Crippen molar-refractivity contribution in [1.82, 2.24) is 9.80 Å². The number of piperazine rings is 1. The first-order valence-corrected chi connectivity index (χ1v) is 11.1. The molecule has 7 heteroatoms. The van der Waals surface area contributed by atoms with Gasteiger partial charge in [0.1, 0.15) is 5.92 Å². The minimum Gasteiger partial charge on any atom is -0.338 e. The number of halogens is 1. The number of carbonyl (C=O) groups is 3. The first kappa shape index (κ1) is 21.4. The summed E-state index contributed by atoms with van der Waals surface area (Å²) in [6, 6.07) is 14.8. The van der Waals surface area contributed by atoms with Crippen molar-refractivity contribution in [2.75, 3.05) is 37.6 Å². The summed E-state index contributed by atoms with van der Waals surface area (Å²) in [6.07, 6.45) is 1.44. The standard InChI is InChI=1S/C24H26ClN3O3/c1-2-17-3-5-18(6-4-17)22(29)26-13-15-27(16-14-26)23(30)21-11-12-28(24(21)31)20-9-7-19(25)8-10-20/h3-10,21H,2,11-16H2,1H3. The van der Waals surface area contributed by atoms with Gasteiger partial charge in [0.15, 0.2) is 0 Å². The van der Waals surface area contributed by atoms with Gasteiger partial charge in [-0.1, -0.05) is 30.7 Å². The normalized spacial score (nSPS) is 19.1. The lowest BCUT2D eigenvalue weighted by Gasteiger charge is -2.35. The van der Waals surface area contributed by atoms with Crippen LogP contribution >= 0.6 is 11.6 Å². The number of nitrogens with zero attached hydrogens (tertiary/aromatic N) is 3. The lowest BCUT2D eigenvalue weighted by molar-refractivity contribution is -0.141. The highest BCUT2D eigenvalue weighted by Gasteiger charge is 2.40. The molecule has 0 spiro atoms. The maximum Gasteiger partial charge on any atom is 0.253 e. The Kier molecular flexibility index (Phi) is 6.28. The molecule has 2 aromatic carbocycles. The number of amides is 3. The quantitative estimate of drug-likeness (QED) is 0.687. The van der Waals surface area contributed by atoms with E-state index in [-0.39, 0.29) is 17.7 Å². The number of hydrogen-bond acceptors (Lipinski definition) is 3. The van der Waals surface area contributed by atoms with Crippen molar-refractivity contribution >= 4 is 35.0 Å². The third-order valence-corrected chi connectivity index (χ3v) is 6.38. The van der Waals surface area contributed by atoms with Crippen LogP contribution < -0.4 is 4.90 Å². The molecule has 4 rings (SSSR count). The molecule has 2 aliphatic heterocycles. The third kappa shape index (κ3) is 4.44. The van der Waals surface area contributed by atoms with Gasteiger partial charge in [-0.3, -0.25) is 14.4 Å². The van der Waals surface area contributed by atoms with Crippen LogP contribution in [-0.4, -0.2) is 60.2 Å². The molecule has 0 bridgehead atoms. The van der Waals surface area contributed by atoms with Gasteiger partial charge in [0.25, 0.3) is 5.91 Å². The second kappa shape index (κ2) is 9.10. The fraction of sp³-hybridized carbons (Fsp3) is 0.375. The molecule has 0 aliphatic carbocycles. The summed E-state index contributed by atoms with van der Waals surface area (Å²) in [6.45, 7) is 4.44. The largest absolute Gasteiger partial charge is 0.338 e. The Morgan fingerprint density at radius 3 is 2.13 bits per heavy atom. The average molecular weight is 440 g/mol. The Labute approximate surface area is 187 Å². The Morgan fingerprint density at radius 2 is 1.52 bits per heavy atom. The van der Waals surface area contributed by atoms with E-state index in [9.17, 15) is 14.4 Å². The predicted molar refractivity (Wildman–Crippen MR) is 120 cm³/mol. The molecule has 1 atom stereocenters. The molecule has 2 aliphatic rings. The number of carbonyl (C=O) groups excluding carboxylic acids is 3. The molecule has 3 amide bonds. The van der Waals surface area contributed by atoms with E-state index < -0.39 is 5.92 Å². The molecule has 1 unspecified atom stereocenters. The summed E-state index contributed by atoms with van der Waals surface area (Å²) in [5, 5.41) is 0.608. The highest BCUT2D eigenvalue weighted by Crippen LogP contribution is 2.28. The SMILES string of the molecule is CCc1ccc(C(=O)N2CCN(C(=O)C3CCN(c4ccc(Cl)cc4)C3=O)CC2)cc1. The van der Waals surface area contributed by atoms with E-state index in [1.165, 1.54) is 5.56 Å². The second-order valence-electron chi connectivity index (χ2n) is 7.98. The minimum atomic E-state index is -0.653. The van der Waals surface area contributed by atoms with E-state index in [0.29, 0.717) is 49.7 Å². The van der Waals surface area contributed by atoms with E-state index in [4.69, 9.17) is 11.6 Å². The molecule has 0 saturated carbocycles. The number of aryl methyl sites for hydroxylation is 1. The summed E-state index contributed by atoms with van der Waals surface area (Å²) in [7, 11) is 0. The number of rotatable bonds is 4. The average Bonchev–Trinajstić information content (AvgIpc) is 3.20. The van der Waals surface area contributed by atoms with E-state index in [2.05, 4.69) is 6.92 Å². The highest BCUT2D eigenvalue weighted by atomic mass is 35.5. The van der Waals surface area contributed by atoms with Crippen molar-refractivity contribution in [3.8, 4) is 0 Å². The zero-order chi connectivity index (χ0) is 22.0. The van der Waals surface area contributed by atoms with Crippen LogP contribution in [0.15, 0.2) is 48.5 Å². The summed E-state index contributed by atoms with van der Waals surface area (Å²) in [5.41, 5.74) is 2.62. The fourth-order valence-electron chi connectivity index (χ4n) is 4.20. The minimum absolute atomic E-state index is 0.0133. The van der Waals surface area contributed by atoms with E-state index in [0.717, 1.165) is 12.1 Å². The van der Waals surface area contributed by atoms with Gasteiger partial charge in [-0.2, -0.15) is 0 Å². The lowest BCUT2D eigenvalue weighted by Crippen LogP contribution is -2.52. The summed E-state index contributed by atoms with van der Waals surface area (Å²) < 4.78 is 0. The van der Waals surface area contributed by atoms with Crippen molar-refractivity contribution < 1.29 is 14.4 Å². The smallest absolute Gasteiger partial charge is 0.253 e. The monoisotopic (exact) mass is 439 g/mol. The molecule has 162 valence electrons. The number of hydrogen-bond donors (Lipinski definition) is 0. The molecule has 6 nitrogen and oxygen atoms in total. The Bertz CT molecular complexity index is 967. The number of benzene rings is 2. The van der Waals surface area contributed by atoms with Crippen LogP contribution in [0.25, 0.3) is 0 Å². The molecule has 0 radical (unpaired) electrons. The molecular weight excluding hydrogens is 414 g/mol. The molecule has 0 aromatic heterocycles. The van der Waals surface area contributed by atoms with Gasteiger partial charge in [0.05, 0.1) is 0 Å². The zero-order valence-corrected chi connectivity index (χ0v) is 18.3. The van der Waals surface area contributed by atoms with Gasteiger partial charge in [0, 0.05) is 49.0 Å². The molecule has 2 aromatic rings. The van der Waals surface area contributed by atoms with Gasteiger partial charge in [-0.05, 0) is 54.8 Å². The molecule has 2 saturated heterocycles. The van der Waals surface area contributed by atoms with Gasteiger partial charge in [-0.15, -0.1) is 0 Å². The maximum atomic E-state index is 13.0. The predicted octanol–water partition coefficient (Wildman–Crippen LogP) is 3.24. The van der Waals surface area contributed by atoms with Crippen LogP contribution in [-0.2, 0) is 16.0 Å². The molecule has 0 N–H and O–H groups in total. The first-order chi connectivity index (χ1) is 15.0.